The summed E-state index contributed by atoms with van der Waals surface area (Å²) in [6.45, 7) is 5.14. The van der Waals surface area contributed by atoms with Crippen LogP contribution in [0.15, 0.2) is 22.7 Å². The molecule has 0 unspecified atom stereocenters. The number of rotatable bonds is 3. The molecule has 1 aliphatic rings. The predicted octanol–water partition coefficient (Wildman–Crippen LogP) is 2.04. The van der Waals surface area contributed by atoms with Crippen molar-refractivity contribution in [3.8, 4) is 0 Å². The Morgan fingerprint density at radius 3 is 2.75 bits per heavy atom. The van der Waals surface area contributed by atoms with Crippen molar-refractivity contribution in [3.63, 3.8) is 0 Å². The lowest BCUT2D eigenvalue weighted by Gasteiger charge is -2.27. The minimum absolute atomic E-state index is 0.107. The van der Waals surface area contributed by atoms with E-state index >= 15 is 0 Å². The molecule has 0 spiro atoms. The number of piperazine rings is 1. The van der Waals surface area contributed by atoms with Gasteiger partial charge in [-0.3, -0.25) is 0 Å². The fourth-order valence-electron chi connectivity index (χ4n) is 1.98. The van der Waals surface area contributed by atoms with Gasteiger partial charge in [-0.15, -0.1) is 0 Å². The first-order valence-electron chi connectivity index (χ1n) is 5.63. The Morgan fingerprint density at radius 2 is 2.06 bits per heavy atom. The standard InChI is InChI=1S/C12H16BrFN2/c13-11-2-1-3-12(14)10(11)4-7-16-8-5-15-6-9-16/h1-3,15H,4-9H2. The smallest absolute Gasteiger partial charge is 0.127 e. The van der Waals surface area contributed by atoms with Crippen LogP contribution in [0.25, 0.3) is 0 Å². The van der Waals surface area contributed by atoms with E-state index in [0.717, 1.165) is 49.2 Å². The van der Waals surface area contributed by atoms with Gasteiger partial charge in [0.05, 0.1) is 0 Å². The monoisotopic (exact) mass is 286 g/mol. The molecule has 0 aromatic heterocycles. The molecule has 1 aliphatic heterocycles. The van der Waals surface area contributed by atoms with Gasteiger partial charge in [0.25, 0.3) is 0 Å². The highest BCUT2D eigenvalue weighted by atomic mass is 79.9. The van der Waals surface area contributed by atoms with Crippen LogP contribution in [0.3, 0.4) is 0 Å². The summed E-state index contributed by atoms with van der Waals surface area (Å²) in [4.78, 5) is 2.37. The van der Waals surface area contributed by atoms with E-state index in [-0.39, 0.29) is 5.82 Å². The summed E-state index contributed by atoms with van der Waals surface area (Å²) < 4.78 is 14.4. The van der Waals surface area contributed by atoms with Gasteiger partial charge >= 0.3 is 0 Å². The average molecular weight is 287 g/mol. The van der Waals surface area contributed by atoms with Crippen LogP contribution in [0, 0.1) is 5.82 Å². The van der Waals surface area contributed by atoms with Gasteiger partial charge in [0, 0.05) is 42.8 Å². The molecule has 0 saturated carbocycles. The van der Waals surface area contributed by atoms with Crippen molar-refractivity contribution in [2.45, 2.75) is 6.42 Å². The average Bonchev–Trinajstić information content (AvgIpc) is 2.30. The van der Waals surface area contributed by atoms with Gasteiger partial charge < -0.3 is 10.2 Å². The molecular formula is C12H16BrFN2. The summed E-state index contributed by atoms with van der Waals surface area (Å²) in [5, 5.41) is 3.31. The summed E-state index contributed by atoms with van der Waals surface area (Å²) in [5.74, 6) is -0.107. The van der Waals surface area contributed by atoms with Crippen LogP contribution in [-0.4, -0.2) is 37.6 Å². The van der Waals surface area contributed by atoms with E-state index in [9.17, 15) is 4.39 Å². The molecule has 2 nitrogen and oxygen atoms in total. The van der Waals surface area contributed by atoms with E-state index in [0.29, 0.717) is 0 Å². The van der Waals surface area contributed by atoms with Gasteiger partial charge in [0.1, 0.15) is 5.82 Å². The number of hydrogen-bond donors (Lipinski definition) is 1. The quantitative estimate of drug-likeness (QED) is 0.915. The molecule has 0 radical (unpaired) electrons. The largest absolute Gasteiger partial charge is 0.314 e. The molecular weight excluding hydrogens is 271 g/mol. The second-order valence-electron chi connectivity index (χ2n) is 4.04. The molecule has 16 heavy (non-hydrogen) atoms. The SMILES string of the molecule is Fc1cccc(Br)c1CCN1CCNCC1. The molecule has 0 amide bonds. The summed E-state index contributed by atoms with van der Waals surface area (Å²) >= 11 is 3.40. The maximum Gasteiger partial charge on any atom is 0.127 e. The topological polar surface area (TPSA) is 15.3 Å². The minimum atomic E-state index is -0.107. The molecule has 1 heterocycles. The van der Waals surface area contributed by atoms with Crippen molar-refractivity contribution < 1.29 is 4.39 Å². The van der Waals surface area contributed by atoms with Crippen LogP contribution in [-0.2, 0) is 6.42 Å². The molecule has 2 rings (SSSR count). The molecule has 1 fully saturated rings. The Labute approximate surface area is 104 Å². The summed E-state index contributed by atoms with van der Waals surface area (Å²) in [5.41, 5.74) is 0.793. The highest BCUT2D eigenvalue weighted by Gasteiger charge is 2.12. The number of nitrogens with one attached hydrogen (secondary N) is 1. The molecule has 88 valence electrons. The number of hydrogen-bond acceptors (Lipinski definition) is 2. The lowest BCUT2D eigenvalue weighted by Crippen LogP contribution is -2.44. The van der Waals surface area contributed by atoms with Gasteiger partial charge in [0.15, 0.2) is 0 Å². The van der Waals surface area contributed by atoms with Crippen LogP contribution >= 0.6 is 15.9 Å². The lowest BCUT2D eigenvalue weighted by atomic mass is 10.1. The van der Waals surface area contributed by atoms with Crippen molar-refractivity contribution in [3.05, 3.63) is 34.1 Å². The molecule has 0 bridgehead atoms. The van der Waals surface area contributed by atoms with Crippen molar-refractivity contribution in [1.82, 2.24) is 10.2 Å². The van der Waals surface area contributed by atoms with Gasteiger partial charge in [-0.1, -0.05) is 22.0 Å². The molecule has 0 atom stereocenters. The summed E-state index contributed by atoms with van der Waals surface area (Å²) in [6, 6.07) is 5.15. The Bertz CT molecular complexity index is 331. The van der Waals surface area contributed by atoms with E-state index in [1.165, 1.54) is 6.07 Å². The van der Waals surface area contributed by atoms with Crippen LogP contribution in [0.5, 0.6) is 0 Å². The molecule has 4 heteroatoms. The molecule has 0 aliphatic carbocycles. The third-order valence-electron chi connectivity index (χ3n) is 2.95. The highest BCUT2D eigenvalue weighted by Crippen LogP contribution is 2.20. The van der Waals surface area contributed by atoms with Gasteiger partial charge in [-0.25, -0.2) is 4.39 Å². The first kappa shape index (κ1) is 12.0. The Balaban J connectivity index is 1.93. The highest BCUT2D eigenvalue weighted by molar-refractivity contribution is 9.10. The Kier molecular flexibility index (Phi) is 4.32. The Morgan fingerprint density at radius 1 is 1.31 bits per heavy atom. The zero-order valence-corrected chi connectivity index (χ0v) is 10.8. The van der Waals surface area contributed by atoms with Crippen LogP contribution < -0.4 is 5.32 Å². The van der Waals surface area contributed by atoms with E-state index in [1.807, 2.05) is 6.07 Å². The zero-order valence-electron chi connectivity index (χ0n) is 9.18. The molecule has 1 aromatic rings. The summed E-state index contributed by atoms with van der Waals surface area (Å²) in [6.07, 6.45) is 0.771. The number of halogens is 2. The maximum absolute atomic E-state index is 13.5. The van der Waals surface area contributed by atoms with Crippen LogP contribution in [0.4, 0.5) is 4.39 Å². The first-order chi connectivity index (χ1) is 7.77. The van der Waals surface area contributed by atoms with Crippen LogP contribution in [0.2, 0.25) is 0 Å². The van der Waals surface area contributed by atoms with Gasteiger partial charge in [-0.05, 0) is 18.6 Å². The van der Waals surface area contributed by atoms with Crippen molar-refractivity contribution >= 4 is 15.9 Å². The van der Waals surface area contributed by atoms with Crippen molar-refractivity contribution in [2.75, 3.05) is 32.7 Å². The van der Waals surface area contributed by atoms with E-state index in [1.54, 1.807) is 6.07 Å². The first-order valence-corrected chi connectivity index (χ1v) is 6.42. The Hall–Kier alpha value is -0.450. The van der Waals surface area contributed by atoms with Crippen molar-refractivity contribution in [1.29, 1.82) is 0 Å². The fraction of sp³-hybridized carbons (Fsp3) is 0.500. The van der Waals surface area contributed by atoms with E-state index in [2.05, 4.69) is 26.1 Å². The minimum Gasteiger partial charge on any atom is -0.314 e. The van der Waals surface area contributed by atoms with E-state index < -0.39 is 0 Å². The van der Waals surface area contributed by atoms with Crippen molar-refractivity contribution in [2.24, 2.45) is 0 Å². The number of nitrogens with zero attached hydrogens (tertiary/aromatic N) is 1. The van der Waals surface area contributed by atoms with Crippen LogP contribution in [0.1, 0.15) is 5.56 Å². The second kappa shape index (κ2) is 5.75. The third-order valence-corrected chi connectivity index (χ3v) is 3.69. The molecule has 1 aromatic carbocycles. The number of benzene rings is 1. The molecule has 1 N–H and O–H groups in total. The maximum atomic E-state index is 13.5. The fourth-order valence-corrected chi connectivity index (χ4v) is 2.52. The third kappa shape index (κ3) is 3.03. The lowest BCUT2D eigenvalue weighted by molar-refractivity contribution is 0.243. The zero-order chi connectivity index (χ0) is 11.4. The van der Waals surface area contributed by atoms with Gasteiger partial charge in [0.2, 0.25) is 0 Å². The summed E-state index contributed by atoms with van der Waals surface area (Å²) in [7, 11) is 0. The second-order valence-corrected chi connectivity index (χ2v) is 4.90. The normalized spacial score (nSPS) is 17.6. The predicted molar refractivity (Wildman–Crippen MR) is 67.1 cm³/mol. The van der Waals surface area contributed by atoms with Gasteiger partial charge in [-0.2, -0.15) is 0 Å². The van der Waals surface area contributed by atoms with E-state index in [4.69, 9.17) is 0 Å². The molecule has 1 saturated heterocycles.